The molecule has 1 aromatic heterocycles. The monoisotopic (exact) mass is 350 g/mol. The van der Waals surface area contributed by atoms with Crippen molar-refractivity contribution < 1.29 is 4.79 Å². The van der Waals surface area contributed by atoms with Crippen LogP contribution in [0.25, 0.3) is 10.1 Å². The maximum absolute atomic E-state index is 12.4. The van der Waals surface area contributed by atoms with Crippen LogP contribution < -0.4 is 5.32 Å². The highest BCUT2D eigenvalue weighted by molar-refractivity contribution is 7.80. The zero-order valence-electron chi connectivity index (χ0n) is 11.8. The molecule has 2 rings (SSSR count). The maximum atomic E-state index is 12.4. The van der Waals surface area contributed by atoms with Crippen molar-refractivity contribution in [2.75, 3.05) is 13.1 Å². The molecule has 22 heavy (non-hydrogen) atoms. The molecule has 1 N–H and O–H groups in total. The first-order valence-electron chi connectivity index (χ1n) is 6.57. The summed E-state index contributed by atoms with van der Waals surface area (Å²) in [7, 11) is 0. The molecule has 3 nitrogen and oxygen atoms in total. The molecule has 1 aromatic carbocycles. The van der Waals surface area contributed by atoms with E-state index in [4.69, 9.17) is 23.8 Å². The predicted molar refractivity (Wildman–Crippen MR) is 98.9 cm³/mol. The molecule has 2 aromatic rings. The summed E-state index contributed by atoms with van der Waals surface area (Å²) in [6, 6.07) is 7.63. The summed E-state index contributed by atoms with van der Waals surface area (Å²) in [5, 5.41) is 4.38. The molecular formula is C16H15ClN2OS2. The number of rotatable bonds is 5. The van der Waals surface area contributed by atoms with E-state index in [9.17, 15) is 4.79 Å². The van der Waals surface area contributed by atoms with Crippen molar-refractivity contribution in [3.63, 3.8) is 0 Å². The van der Waals surface area contributed by atoms with Crippen LogP contribution in [0.4, 0.5) is 0 Å². The molecule has 114 valence electrons. The molecule has 0 aliphatic heterocycles. The normalized spacial score (nSPS) is 10.2. The Morgan fingerprint density at radius 1 is 1.32 bits per heavy atom. The Bertz CT molecular complexity index is 729. The number of amides is 1. The molecule has 0 atom stereocenters. The molecule has 1 amide bonds. The molecule has 1 heterocycles. The largest absolute Gasteiger partial charge is 0.342 e. The molecule has 0 aliphatic carbocycles. The van der Waals surface area contributed by atoms with Crippen LogP contribution in [0.1, 0.15) is 9.67 Å². The number of hydrogen-bond acceptors (Lipinski definition) is 3. The molecule has 0 radical (unpaired) electrons. The number of carbonyl (C=O) groups is 1. The van der Waals surface area contributed by atoms with Gasteiger partial charge in [0.15, 0.2) is 5.11 Å². The van der Waals surface area contributed by atoms with Crippen molar-refractivity contribution in [1.82, 2.24) is 10.2 Å². The van der Waals surface area contributed by atoms with E-state index in [-0.39, 0.29) is 5.91 Å². The van der Waals surface area contributed by atoms with Crippen LogP contribution in [0.15, 0.2) is 49.6 Å². The second-order valence-electron chi connectivity index (χ2n) is 4.48. The first kappa shape index (κ1) is 16.7. The third-order valence-electron chi connectivity index (χ3n) is 2.95. The van der Waals surface area contributed by atoms with Gasteiger partial charge in [-0.05, 0) is 18.3 Å². The molecule has 0 aliphatic rings. The zero-order valence-corrected chi connectivity index (χ0v) is 14.2. The van der Waals surface area contributed by atoms with Crippen LogP contribution in [0.3, 0.4) is 0 Å². The Labute approximate surface area is 143 Å². The van der Waals surface area contributed by atoms with Gasteiger partial charge >= 0.3 is 0 Å². The second-order valence-corrected chi connectivity index (χ2v) is 6.30. The Balaban J connectivity index is 2.19. The second kappa shape index (κ2) is 7.54. The number of thiophene rings is 1. The first-order chi connectivity index (χ1) is 10.6. The third-order valence-corrected chi connectivity index (χ3v) is 4.98. The van der Waals surface area contributed by atoms with E-state index in [0.29, 0.717) is 28.1 Å². The predicted octanol–water partition coefficient (Wildman–Crippen LogP) is 4.24. The summed E-state index contributed by atoms with van der Waals surface area (Å²) < 4.78 is 0.970. The highest BCUT2D eigenvalue weighted by atomic mass is 35.5. The van der Waals surface area contributed by atoms with Gasteiger partial charge in [0.25, 0.3) is 5.91 Å². The molecule has 0 saturated carbocycles. The van der Waals surface area contributed by atoms with Crippen molar-refractivity contribution in [2.24, 2.45) is 0 Å². The molecule has 0 spiro atoms. The molecule has 6 heteroatoms. The number of hydrogen-bond donors (Lipinski definition) is 1. The van der Waals surface area contributed by atoms with Gasteiger partial charge in [-0.3, -0.25) is 10.1 Å². The molecule has 0 fully saturated rings. The smallest absolute Gasteiger partial charge is 0.269 e. The van der Waals surface area contributed by atoms with Gasteiger partial charge in [0.2, 0.25) is 0 Å². The quantitative estimate of drug-likeness (QED) is 0.646. The Morgan fingerprint density at radius 3 is 2.55 bits per heavy atom. The Kier molecular flexibility index (Phi) is 5.71. The van der Waals surface area contributed by atoms with E-state index >= 15 is 0 Å². The number of nitrogens with one attached hydrogen (secondary N) is 1. The van der Waals surface area contributed by atoms with Gasteiger partial charge in [0.05, 0.1) is 5.02 Å². The van der Waals surface area contributed by atoms with E-state index in [2.05, 4.69) is 18.5 Å². The fourth-order valence-corrected chi connectivity index (χ4v) is 3.60. The number of halogens is 1. The van der Waals surface area contributed by atoms with Crippen molar-refractivity contribution in [2.45, 2.75) is 0 Å². The van der Waals surface area contributed by atoms with Crippen LogP contribution in [0.5, 0.6) is 0 Å². The lowest BCUT2D eigenvalue weighted by Crippen LogP contribution is -2.42. The van der Waals surface area contributed by atoms with Gasteiger partial charge in [0.1, 0.15) is 4.88 Å². The summed E-state index contributed by atoms with van der Waals surface area (Å²) in [6.45, 7) is 8.42. The number of thiocarbonyl (C=S) groups is 1. The lowest BCUT2D eigenvalue weighted by atomic mass is 10.2. The standard InChI is InChI=1S/C16H15ClN2OS2/c1-3-9-19(10-4-2)16(21)18-15(20)14-13(17)11-7-5-6-8-12(11)22-14/h3-8H,1-2,9-10H2,(H,18,20,21). The van der Waals surface area contributed by atoms with Crippen molar-refractivity contribution in [3.05, 3.63) is 59.5 Å². The highest BCUT2D eigenvalue weighted by Gasteiger charge is 2.19. The van der Waals surface area contributed by atoms with Crippen LogP contribution in [0, 0.1) is 0 Å². The SMILES string of the molecule is C=CCN(CC=C)C(=S)NC(=O)c1sc2ccccc2c1Cl. The number of fused-ring (bicyclic) bond motifs is 1. The number of benzene rings is 1. The Hall–Kier alpha value is -1.69. The minimum absolute atomic E-state index is 0.297. The first-order valence-corrected chi connectivity index (χ1v) is 8.17. The molecule has 0 unspecified atom stereocenters. The lowest BCUT2D eigenvalue weighted by molar-refractivity contribution is 0.0978. The third kappa shape index (κ3) is 3.55. The van der Waals surface area contributed by atoms with Crippen LogP contribution in [-0.2, 0) is 0 Å². The van der Waals surface area contributed by atoms with Crippen molar-refractivity contribution in [1.29, 1.82) is 0 Å². The van der Waals surface area contributed by atoms with Crippen LogP contribution >= 0.6 is 35.2 Å². The van der Waals surface area contributed by atoms with E-state index < -0.39 is 0 Å². The zero-order chi connectivity index (χ0) is 16.1. The Morgan fingerprint density at radius 2 is 1.95 bits per heavy atom. The highest BCUT2D eigenvalue weighted by Crippen LogP contribution is 2.34. The van der Waals surface area contributed by atoms with Crippen LogP contribution in [0.2, 0.25) is 5.02 Å². The number of carbonyl (C=O) groups excluding carboxylic acids is 1. The fourth-order valence-electron chi connectivity index (χ4n) is 1.95. The maximum Gasteiger partial charge on any atom is 0.269 e. The van der Waals surface area contributed by atoms with Crippen molar-refractivity contribution >= 4 is 56.3 Å². The van der Waals surface area contributed by atoms with Gasteiger partial charge in [-0.15, -0.1) is 24.5 Å². The average molecular weight is 351 g/mol. The van der Waals surface area contributed by atoms with Crippen molar-refractivity contribution in [3.8, 4) is 0 Å². The molecule has 0 bridgehead atoms. The summed E-state index contributed by atoms with van der Waals surface area (Å²) in [4.78, 5) is 14.7. The van der Waals surface area contributed by atoms with Crippen LogP contribution in [-0.4, -0.2) is 29.0 Å². The van der Waals surface area contributed by atoms with E-state index in [1.807, 2.05) is 24.3 Å². The average Bonchev–Trinajstić information content (AvgIpc) is 2.85. The molecular weight excluding hydrogens is 336 g/mol. The molecule has 0 saturated heterocycles. The summed E-state index contributed by atoms with van der Waals surface area (Å²) in [5.74, 6) is -0.297. The minimum Gasteiger partial charge on any atom is -0.342 e. The van der Waals surface area contributed by atoms with E-state index in [0.717, 1.165) is 10.1 Å². The summed E-state index contributed by atoms with van der Waals surface area (Å²) in [6.07, 6.45) is 3.43. The van der Waals surface area contributed by atoms with Gasteiger partial charge in [-0.1, -0.05) is 42.0 Å². The van der Waals surface area contributed by atoms with E-state index in [1.165, 1.54) is 11.3 Å². The summed E-state index contributed by atoms with van der Waals surface area (Å²) >= 11 is 12.9. The lowest BCUT2D eigenvalue weighted by Gasteiger charge is -2.22. The van der Waals surface area contributed by atoms with E-state index in [1.54, 1.807) is 17.1 Å². The van der Waals surface area contributed by atoms with Gasteiger partial charge in [-0.2, -0.15) is 0 Å². The van der Waals surface area contributed by atoms with Gasteiger partial charge in [0, 0.05) is 23.2 Å². The topological polar surface area (TPSA) is 32.3 Å². The minimum atomic E-state index is -0.297. The van der Waals surface area contributed by atoms with Gasteiger partial charge in [-0.25, -0.2) is 0 Å². The number of nitrogens with zero attached hydrogens (tertiary/aromatic N) is 1. The summed E-state index contributed by atoms with van der Waals surface area (Å²) in [5.41, 5.74) is 0. The fraction of sp³-hybridized carbons (Fsp3) is 0.125. The van der Waals surface area contributed by atoms with Gasteiger partial charge < -0.3 is 4.90 Å².